The molecule has 2 N–H and O–H groups in total. The fourth-order valence-corrected chi connectivity index (χ4v) is 3.57. The summed E-state index contributed by atoms with van der Waals surface area (Å²) in [6, 6.07) is 13.1. The van der Waals surface area contributed by atoms with Crippen molar-refractivity contribution in [3.63, 3.8) is 0 Å². The van der Waals surface area contributed by atoms with Crippen LogP contribution >= 0.6 is 11.6 Å². The van der Waals surface area contributed by atoms with Gasteiger partial charge in [0.15, 0.2) is 11.5 Å². The predicted molar refractivity (Wildman–Crippen MR) is 102 cm³/mol. The lowest BCUT2D eigenvalue weighted by Crippen LogP contribution is -2.28. The maximum absolute atomic E-state index is 12.9. The number of likely N-dealkylation sites (tertiary alicyclic amines) is 1. The minimum atomic E-state index is -0.0109. The Morgan fingerprint density at radius 2 is 2.08 bits per heavy atom. The van der Waals surface area contributed by atoms with Crippen LogP contribution in [-0.2, 0) is 0 Å². The zero-order valence-corrected chi connectivity index (χ0v) is 15.5. The number of amides is 1. The van der Waals surface area contributed by atoms with Crippen molar-refractivity contribution in [2.24, 2.45) is 5.73 Å². The van der Waals surface area contributed by atoms with Crippen LogP contribution < -0.4 is 15.2 Å². The number of hydrogen-bond donors (Lipinski definition) is 1. The van der Waals surface area contributed by atoms with Crippen molar-refractivity contribution < 1.29 is 14.3 Å². The third kappa shape index (κ3) is 3.94. The number of nitrogens with two attached hydrogens (primary N) is 1. The summed E-state index contributed by atoms with van der Waals surface area (Å²) in [5, 5.41) is 0.759. The normalized spacial score (nSPS) is 16.6. The number of carbonyl (C=O) groups is 1. The van der Waals surface area contributed by atoms with Crippen molar-refractivity contribution in [1.29, 1.82) is 0 Å². The fourth-order valence-electron chi connectivity index (χ4n) is 3.28. The summed E-state index contributed by atoms with van der Waals surface area (Å²) in [6.45, 7) is 2.19. The molecule has 2 aromatic rings. The molecule has 26 heavy (non-hydrogen) atoms. The van der Waals surface area contributed by atoms with Gasteiger partial charge < -0.3 is 20.1 Å². The molecule has 138 valence electrons. The number of methoxy groups -OCH3 is 1. The van der Waals surface area contributed by atoms with E-state index in [0.717, 1.165) is 17.0 Å². The van der Waals surface area contributed by atoms with Crippen LogP contribution in [0.1, 0.15) is 28.3 Å². The van der Waals surface area contributed by atoms with E-state index in [2.05, 4.69) is 0 Å². The Morgan fingerprint density at radius 3 is 2.81 bits per heavy atom. The third-order valence-corrected chi connectivity index (χ3v) is 4.95. The van der Waals surface area contributed by atoms with E-state index in [1.165, 1.54) is 0 Å². The maximum Gasteiger partial charge on any atom is 0.254 e. The van der Waals surface area contributed by atoms with E-state index in [0.29, 0.717) is 43.3 Å². The molecule has 1 aliphatic heterocycles. The molecule has 5 nitrogen and oxygen atoms in total. The number of rotatable bonds is 6. The third-order valence-electron chi connectivity index (χ3n) is 4.61. The van der Waals surface area contributed by atoms with Crippen molar-refractivity contribution in [3.05, 3.63) is 58.6 Å². The highest BCUT2D eigenvalue weighted by atomic mass is 35.5. The topological polar surface area (TPSA) is 64.8 Å². The first kappa shape index (κ1) is 18.5. The van der Waals surface area contributed by atoms with Crippen LogP contribution in [0.2, 0.25) is 5.02 Å². The van der Waals surface area contributed by atoms with Gasteiger partial charge in [-0.15, -0.1) is 0 Å². The molecule has 0 radical (unpaired) electrons. The van der Waals surface area contributed by atoms with Crippen LogP contribution in [0, 0.1) is 0 Å². The van der Waals surface area contributed by atoms with Gasteiger partial charge in [-0.1, -0.05) is 29.8 Å². The summed E-state index contributed by atoms with van der Waals surface area (Å²) in [6.07, 6.45) is 0.907. The molecular weight excluding hydrogens is 352 g/mol. The summed E-state index contributed by atoms with van der Waals surface area (Å²) in [5.74, 6) is 1.38. The first-order chi connectivity index (χ1) is 12.6. The summed E-state index contributed by atoms with van der Waals surface area (Å²) in [7, 11) is 1.56. The Hall–Kier alpha value is -2.24. The summed E-state index contributed by atoms with van der Waals surface area (Å²) in [4.78, 5) is 14.7. The fraction of sp³-hybridized carbons (Fsp3) is 0.350. The molecule has 1 heterocycles. The van der Waals surface area contributed by atoms with Gasteiger partial charge in [0.05, 0.1) is 7.11 Å². The second kappa shape index (κ2) is 8.43. The van der Waals surface area contributed by atoms with Crippen molar-refractivity contribution >= 4 is 17.5 Å². The predicted octanol–water partition coefficient (Wildman–Crippen LogP) is 3.32. The van der Waals surface area contributed by atoms with Gasteiger partial charge in [-0.2, -0.15) is 0 Å². The van der Waals surface area contributed by atoms with Crippen molar-refractivity contribution in [2.75, 3.05) is 33.4 Å². The summed E-state index contributed by atoms with van der Waals surface area (Å²) >= 11 is 6.30. The van der Waals surface area contributed by atoms with E-state index in [1.807, 2.05) is 29.2 Å². The Balaban J connectivity index is 1.73. The number of nitrogens with zero attached hydrogens (tertiary/aromatic N) is 1. The highest BCUT2D eigenvalue weighted by Crippen LogP contribution is 2.33. The van der Waals surface area contributed by atoms with Crippen molar-refractivity contribution in [1.82, 2.24) is 4.90 Å². The number of halogens is 1. The van der Waals surface area contributed by atoms with Crippen LogP contribution in [0.3, 0.4) is 0 Å². The first-order valence-corrected chi connectivity index (χ1v) is 9.06. The van der Waals surface area contributed by atoms with E-state index >= 15 is 0 Å². The SMILES string of the molecule is COc1cc(C(=O)N2CCC(c3ccccc3Cl)C2)ccc1OCCN. The number of hydrogen-bond acceptors (Lipinski definition) is 4. The smallest absolute Gasteiger partial charge is 0.254 e. The molecule has 1 amide bonds. The van der Waals surface area contributed by atoms with Crippen LogP contribution in [0.5, 0.6) is 11.5 Å². The lowest BCUT2D eigenvalue weighted by molar-refractivity contribution is 0.0790. The van der Waals surface area contributed by atoms with Gasteiger partial charge in [-0.3, -0.25) is 4.79 Å². The maximum atomic E-state index is 12.9. The van der Waals surface area contributed by atoms with Crippen LogP contribution in [0.15, 0.2) is 42.5 Å². The zero-order valence-electron chi connectivity index (χ0n) is 14.8. The van der Waals surface area contributed by atoms with Gasteiger partial charge in [0.1, 0.15) is 6.61 Å². The van der Waals surface area contributed by atoms with Crippen LogP contribution in [-0.4, -0.2) is 44.2 Å². The molecule has 0 aliphatic carbocycles. The lowest BCUT2D eigenvalue weighted by Gasteiger charge is -2.18. The minimum absolute atomic E-state index is 0.0109. The molecule has 0 saturated carbocycles. The van der Waals surface area contributed by atoms with Crippen LogP contribution in [0.25, 0.3) is 0 Å². The number of carbonyl (C=O) groups excluding carboxylic acids is 1. The molecular formula is C20H23ClN2O3. The molecule has 1 atom stereocenters. The molecule has 1 unspecified atom stereocenters. The highest BCUT2D eigenvalue weighted by molar-refractivity contribution is 6.31. The Labute approximate surface area is 158 Å². The van der Waals surface area contributed by atoms with Crippen molar-refractivity contribution in [2.45, 2.75) is 12.3 Å². The van der Waals surface area contributed by atoms with Gasteiger partial charge in [0, 0.05) is 36.1 Å². The Morgan fingerprint density at radius 1 is 1.27 bits per heavy atom. The zero-order chi connectivity index (χ0) is 18.5. The van der Waals surface area contributed by atoms with Crippen molar-refractivity contribution in [3.8, 4) is 11.5 Å². The molecule has 3 rings (SSSR count). The molecule has 0 spiro atoms. The Bertz CT molecular complexity index is 781. The monoisotopic (exact) mass is 374 g/mol. The first-order valence-electron chi connectivity index (χ1n) is 8.68. The largest absolute Gasteiger partial charge is 0.493 e. The molecule has 0 bridgehead atoms. The van der Waals surface area contributed by atoms with Gasteiger partial charge in [0.2, 0.25) is 0 Å². The molecule has 1 fully saturated rings. The second-order valence-corrected chi connectivity index (χ2v) is 6.67. The quantitative estimate of drug-likeness (QED) is 0.842. The lowest BCUT2D eigenvalue weighted by atomic mass is 9.98. The van der Waals surface area contributed by atoms with Gasteiger partial charge in [-0.25, -0.2) is 0 Å². The molecule has 1 saturated heterocycles. The Kier molecular flexibility index (Phi) is 6.01. The summed E-state index contributed by atoms with van der Waals surface area (Å²) < 4.78 is 10.9. The summed E-state index contributed by atoms with van der Waals surface area (Å²) in [5.41, 5.74) is 7.15. The van der Waals surface area contributed by atoms with E-state index in [1.54, 1.807) is 25.3 Å². The molecule has 6 heteroatoms. The standard InChI is InChI=1S/C20H23ClN2O3/c1-25-19-12-14(6-7-18(19)26-11-9-22)20(24)23-10-8-15(13-23)16-4-2-3-5-17(16)21/h2-7,12,15H,8-11,13,22H2,1H3. The van der Waals surface area contributed by atoms with E-state index < -0.39 is 0 Å². The molecule has 0 aromatic heterocycles. The van der Waals surface area contributed by atoms with E-state index in [9.17, 15) is 4.79 Å². The van der Waals surface area contributed by atoms with Crippen LogP contribution in [0.4, 0.5) is 0 Å². The molecule has 2 aromatic carbocycles. The minimum Gasteiger partial charge on any atom is -0.493 e. The highest BCUT2D eigenvalue weighted by Gasteiger charge is 2.29. The van der Waals surface area contributed by atoms with E-state index in [-0.39, 0.29) is 11.8 Å². The van der Waals surface area contributed by atoms with Gasteiger partial charge in [-0.05, 0) is 36.2 Å². The van der Waals surface area contributed by atoms with Gasteiger partial charge in [0.25, 0.3) is 5.91 Å². The van der Waals surface area contributed by atoms with E-state index in [4.69, 9.17) is 26.8 Å². The second-order valence-electron chi connectivity index (χ2n) is 6.26. The number of benzene rings is 2. The average Bonchev–Trinajstić information content (AvgIpc) is 3.16. The average molecular weight is 375 g/mol. The molecule has 1 aliphatic rings. The van der Waals surface area contributed by atoms with Gasteiger partial charge >= 0.3 is 0 Å². The number of ether oxygens (including phenoxy) is 2.